The minimum absolute atomic E-state index is 0.171. The quantitative estimate of drug-likeness (QED) is 0.853. The first-order valence-electron chi connectivity index (χ1n) is 6.77. The lowest BCUT2D eigenvalue weighted by Gasteiger charge is -2.22. The molecule has 1 amide bonds. The summed E-state index contributed by atoms with van der Waals surface area (Å²) in [5.41, 5.74) is 2.41. The summed E-state index contributed by atoms with van der Waals surface area (Å²) in [6.07, 6.45) is 3.01. The maximum absolute atomic E-state index is 11.8. The molecule has 0 aliphatic carbocycles. The molecule has 3 nitrogen and oxygen atoms in total. The molecule has 3 heteroatoms. The van der Waals surface area contributed by atoms with Crippen molar-refractivity contribution in [3.8, 4) is 0 Å². The number of amides is 1. The maximum Gasteiger partial charge on any atom is 0.220 e. The number of piperidine rings is 1. The number of carbonyl (C=O) groups excluding carboxylic acids is 1. The molecule has 0 bridgehead atoms. The number of nitrogens with one attached hydrogen (secondary N) is 2. The molecule has 0 spiro atoms. The third-order valence-corrected chi connectivity index (χ3v) is 3.48. The Morgan fingerprint density at radius 1 is 1.39 bits per heavy atom. The van der Waals surface area contributed by atoms with Crippen LogP contribution in [0.5, 0.6) is 0 Å². The summed E-state index contributed by atoms with van der Waals surface area (Å²) in [6, 6.07) is 8.29. The molecule has 2 N–H and O–H groups in total. The smallest absolute Gasteiger partial charge is 0.220 e. The molecule has 1 aliphatic heterocycles. The Morgan fingerprint density at radius 3 is 2.83 bits per heavy atom. The van der Waals surface area contributed by atoms with Gasteiger partial charge in [0.2, 0.25) is 5.91 Å². The van der Waals surface area contributed by atoms with Gasteiger partial charge >= 0.3 is 0 Å². The summed E-state index contributed by atoms with van der Waals surface area (Å²) in [7, 11) is 0. The summed E-state index contributed by atoms with van der Waals surface area (Å²) in [4.78, 5) is 11.8. The molecule has 18 heavy (non-hydrogen) atoms. The van der Waals surface area contributed by atoms with Crippen LogP contribution in [0.1, 0.15) is 30.4 Å². The van der Waals surface area contributed by atoms with Crippen molar-refractivity contribution in [2.24, 2.45) is 5.92 Å². The van der Waals surface area contributed by atoms with Gasteiger partial charge in [0.25, 0.3) is 0 Å². The van der Waals surface area contributed by atoms with Crippen LogP contribution in [0.4, 0.5) is 0 Å². The second kappa shape index (κ2) is 6.55. The summed E-state index contributed by atoms with van der Waals surface area (Å²) in [6.45, 7) is 4.79. The van der Waals surface area contributed by atoms with Crippen LogP contribution in [0.2, 0.25) is 0 Å². The van der Waals surface area contributed by atoms with Crippen molar-refractivity contribution >= 4 is 5.91 Å². The van der Waals surface area contributed by atoms with E-state index in [1.165, 1.54) is 18.4 Å². The molecule has 98 valence electrons. The normalized spacial score (nSPS) is 19.5. The van der Waals surface area contributed by atoms with E-state index in [1.54, 1.807) is 0 Å². The molecule has 0 aromatic heterocycles. The van der Waals surface area contributed by atoms with E-state index < -0.39 is 0 Å². The Balaban J connectivity index is 1.72. The van der Waals surface area contributed by atoms with Crippen molar-refractivity contribution in [3.63, 3.8) is 0 Å². The summed E-state index contributed by atoms with van der Waals surface area (Å²) < 4.78 is 0. The minimum Gasteiger partial charge on any atom is -0.352 e. The Bertz CT molecular complexity index is 380. The van der Waals surface area contributed by atoms with Crippen molar-refractivity contribution < 1.29 is 4.79 Å². The van der Waals surface area contributed by atoms with Gasteiger partial charge in [0, 0.05) is 13.0 Å². The highest BCUT2D eigenvalue weighted by atomic mass is 16.1. The molecular formula is C15H22N2O. The zero-order valence-electron chi connectivity index (χ0n) is 11.0. The molecule has 1 aromatic carbocycles. The standard InChI is InChI=1S/C15H22N2O/c1-12-4-6-13(7-5-12)11-17-15(18)9-14-3-2-8-16-10-14/h4-7,14,16H,2-3,8-11H2,1H3,(H,17,18). The predicted molar refractivity (Wildman–Crippen MR) is 73.2 cm³/mol. The number of rotatable bonds is 4. The van der Waals surface area contributed by atoms with Crippen molar-refractivity contribution in [2.75, 3.05) is 13.1 Å². The van der Waals surface area contributed by atoms with E-state index in [9.17, 15) is 4.79 Å². The van der Waals surface area contributed by atoms with Crippen LogP contribution in [0.25, 0.3) is 0 Å². The first-order valence-corrected chi connectivity index (χ1v) is 6.77. The van der Waals surface area contributed by atoms with E-state index >= 15 is 0 Å². The van der Waals surface area contributed by atoms with Gasteiger partial charge < -0.3 is 10.6 Å². The third-order valence-electron chi connectivity index (χ3n) is 3.48. The van der Waals surface area contributed by atoms with Gasteiger partial charge in [-0.05, 0) is 44.3 Å². The molecule has 1 fully saturated rings. The zero-order chi connectivity index (χ0) is 12.8. The summed E-state index contributed by atoms with van der Waals surface area (Å²) in [5.74, 6) is 0.682. The van der Waals surface area contributed by atoms with Gasteiger partial charge in [0.1, 0.15) is 0 Å². The molecule has 1 saturated heterocycles. The van der Waals surface area contributed by atoms with Gasteiger partial charge in [-0.25, -0.2) is 0 Å². The van der Waals surface area contributed by atoms with Crippen molar-refractivity contribution in [1.29, 1.82) is 0 Å². The first-order chi connectivity index (χ1) is 8.74. The number of benzene rings is 1. The van der Waals surface area contributed by atoms with Crippen molar-refractivity contribution in [1.82, 2.24) is 10.6 Å². The lowest BCUT2D eigenvalue weighted by molar-refractivity contribution is -0.122. The van der Waals surface area contributed by atoms with E-state index in [4.69, 9.17) is 0 Å². The molecule has 0 saturated carbocycles. The highest BCUT2D eigenvalue weighted by Gasteiger charge is 2.16. The fourth-order valence-corrected chi connectivity index (χ4v) is 2.34. The van der Waals surface area contributed by atoms with Crippen LogP contribution in [-0.4, -0.2) is 19.0 Å². The van der Waals surface area contributed by atoms with Crippen LogP contribution in [0.15, 0.2) is 24.3 Å². The van der Waals surface area contributed by atoms with Gasteiger partial charge in [0.05, 0.1) is 0 Å². The molecule has 1 aromatic rings. The van der Waals surface area contributed by atoms with E-state index in [0.717, 1.165) is 18.7 Å². The molecule has 1 atom stereocenters. The molecule has 1 aliphatic rings. The van der Waals surface area contributed by atoms with Crippen LogP contribution >= 0.6 is 0 Å². The Kier molecular flexibility index (Phi) is 4.76. The highest BCUT2D eigenvalue weighted by Crippen LogP contribution is 2.13. The Labute approximate surface area is 109 Å². The fraction of sp³-hybridized carbons (Fsp3) is 0.533. The Hall–Kier alpha value is -1.35. The van der Waals surface area contributed by atoms with Gasteiger partial charge in [-0.15, -0.1) is 0 Å². The maximum atomic E-state index is 11.8. The van der Waals surface area contributed by atoms with Crippen LogP contribution in [-0.2, 0) is 11.3 Å². The zero-order valence-corrected chi connectivity index (χ0v) is 11.0. The number of carbonyl (C=O) groups is 1. The fourth-order valence-electron chi connectivity index (χ4n) is 2.34. The monoisotopic (exact) mass is 246 g/mol. The summed E-state index contributed by atoms with van der Waals surface area (Å²) >= 11 is 0. The Morgan fingerprint density at radius 2 is 2.17 bits per heavy atom. The molecular weight excluding hydrogens is 224 g/mol. The lowest BCUT2D eigenvalue weighted by Crippen LogP contribution is -2.34. The predicted octanol–water partition coefficient (Wildman–Crippen LogP) is 2.00. The number of aryl methyl sites for hydroxylation is 1. The van der Waals surface area contributed by atoms with Crippen molar-refractivity contribution in [3.05, 3.63) is 35.4 Å². The second-order valence-corrected chi connectivity index (χ2v) is 5.18. The van der Waals surface area contributed by atoms with Crippen LogP contribution in [0, 0.1) is 12.8 Å². The van der Waals surface area contributed by atoms with Gasteiger partial charge in [-0.2, -0.15) is 0 Å². The van der Waals surface area contributed by atoms with Gasteiger partial charge in [0.15, 0.2) is 0 Å². The van der Waals surface area contributed by atoms with Crippen molar-refractivity contribution in [2.45, 2.75) is 32.7 Å². The second-order valence-electron chi connectivity index (χ2n) is 5.18. The number of hydrogen-bond acceptors (Lipinski definition) is 2. The van der Waals surface area contributed by atoms with E-state index in [2.05, 4.69) is 41.8 Å². The van der Waals surface area contributed by atoms with Gasteiger partial charge in [-0.3, -0.25) is 4.79 Å². The number of hydrogen-bond donors (Lipinski definition) is 2. The molecule has 2 rings (SSSR count). The van der Waals surface area contributed by atoms with Crippen LogP contribution in [0.3, 0.4) is 0 Å². The topological polar surface area (TPSA) is 41.1 Å². The largest absolute Gasteiger partial charge is 0.352 e. The van der Waals surface area contributed by atoms with E-state index in [1.807, 2.05) is 0 Å². The molecule has 1 heterocycles. The lowest BCUT2D eigenvalue weighted by atomic mass is 9.96. The average Bonchev–Trinajstić information content (AvgIpc) is 2.39. The first kappa shape index (κ1) is 13.1. The van der Waals surface area contributed by atoms with Gasteiger partial charge in [-0.1, -0.05) is 29.8 Å². The third kappa shape index (κ3) is 4.15. The SMILES string of the molecule is Cc1ccc(CNC(=O)CC2CCCNC2)cc1. The summed E-state index contributed by atoms with van der Waals surface area (Å²) in [5, 5.41) is 6.34. The molecule has 0 radical (unpaired) electrons. The van der Waals surface area contributed by atoms with E-state index in [-0.39, 0.29) is 5.91 Å². The molecule has 1 unspecified atom stereocenters. The average molecular weight is 246 g/mol. The highest BCUT2D eigenvalue weighted by molar-refractivity contribution is 5.76. The van der Waals surface area contributed by atoms with Crippen LogP contribution < -0.4 is 10.6 Å². The minimum atomic E-state index is 0.171. The van der Waals surface area contributed by atoms with E-state index in [0.29, 0.717) is 18.9 Å².